The molecular weight excluding hydrogens is 510 g/mol. The molecular formula is C24H26ClN3O5S2. The third-order valence-corrected chi connectivity index (χ3v) is 8.24. The van der Waals surface area contributed by atoms with Gasteiger partial charge in [-0.2, -0.15) is 0 Å². The van der Waals surface area contributed by atoms with Crippen molar-refractivity contribution in [1.29, 1.82) is 0 Å². The Morgan fingerprint density at radius 1 is 0.800 bits per heavy atom. The lowest BCUT2D eigenvalue weighted by Crippen LogP contribution is -2.20. The predicted molar refractivity (Wildman–Crippen MR) is 138 cm³/mol. The number of sulfonamides is 2. The summed E-state index contributed by atoms with van der Waals surface area (Å²) < 4.78 is 54.4. The zero-order valence-electron chi connectivity index (χ0n) is 19.6. The minimum Gasteiger partial charge on any atom is -0.322 e. The largest absolute Gasteiger partial charge is 0.322 e. The van der Waals surface area contributed by atoms with Gasteiger partial charge in [0.1, 0.15) is 0 Å². The average Bonchev–Trinajstić information content (AvgIpc) is 2.80. The van der Waals surface area contributed by atoms with Gasteiger partial charge in [-0.05, 0) is 72.6 Å². The zero-order chi connectivity index (χ0) is 26.0. The fourth-order valence-electron chi connectivity index (χ4n) is 3.16. The first-order valence-electron chi connectivity index (χ1n) is 10.5. The number of anilines is 2. The van der Waals surface area contributed by atoms with Crippen LogP contribution in [-0.2, 0) is 25.5 Å². The van der Waals surface area contributed by atoms with Crippen molar-refractivity contribution in [3.63, 3.8) is 0 Å². The Morgan fingerprint density at radius 2 is 1.34 bits per heavy atom. The summed E-state index contributed by atoms with van der Waals surface area (Å²) in [5, 5.41) is 2.86. The maximum atomic E-state index is 13.0. The van der Waals surface area contributed by atoms with E-state index in [1.807, 2.05) is 20.8 Å². The highest BCUT2D eigenvalue weighted by Crippen LogP contribution is 2.27. The minimum absolute atomic E-state index is 0.000639. The number of carbonyl (C=O) groups is 1. The number of carbonyl (C=O) groups excluding carboxylic acids is 1. The van der Waals surface area contributed by atoms with Gasteiger partial charge in [0.15, 0.2) is 0 Å². The Kier molecular flexibility index (Phi) is 7.61. The van der Waals surface area contributed by atoms with E-state index in [-0.39, 0.29) is 31.5 Å². The summed E-state index contributed by atoms with van der Waals surface area (Å²) in [5.74, 6) is -0.627. The summed E-state index contributed by atoms with van der Waals surface area (Å²) in [6.07, 6.45) is 0. The van der Waals surface area contributed by atoms with Crippen LogP contribution in [-0.4, -0.2) is 29.8 Å². The van der Waals surface area contributed by atoms with Crippen LogP contribution in [0.15, 0.2) is 76.5 Å². The van der Waals surface area contributed by atoms with Crippen molar-refractivity contribution in [3.8, 4) is 0 Å². The number of halogens is 1. The lowest BCUT2D eigenvalue weighted by Gasteiger charge is -2.19. The molecule has 11 heteroatoms. The van der Waals surface area contributed by atoms with E-state index in [1.165, 1.54) is 61.6 Å². The van der Waals surface area contributed by atoms with Crippen LogP contribution in [0.4, 0.5) is 11.4 Å². The smallest absolute Gasteiger partial charge is 0.261 e. The lowest BCUT2D eigenvalue weighted by atomic mass is 9.87. The number of benzene rings is 3. The van der Waals surface area contributed by atoms with E-state index in [0.717, 1.165) is 5.56 Å². The van der Waals surface area contributed by atoms with Crippen LogP contribution >= 0.6 is 11.6 Å². The molecule has 0 aliphatic heterocycles. The van der Waals surface area contributed by atoms with Gasteiger partial charge >= 0.3 is 0 Å². The molecule has 0 aromatic heterocycles. The van der Waals surface area contributed by atoms with Crippen LogP contribution in [0, 0.1) is 0 Å². The monoisotopic (exact) mass is 535 g/mol. The van der Waals surface area contributed by atoms with E-state index in [1.54, 1.807) is 12.1 Å². The number of hydrogen-bond donors (Lipinski definition) is 3. The first-order chi connectivity index (χ1) is 16.2. The highest BCUT2D eigenvalue weighted by atomic mass is 35.5. The number of nitrogens with one attached hydrogen (secondary N) is 3. The number of rotatable bonds is 7. The fraction of sp³-hybridized carbons (Fsp3) is 0.208. The number of amides is 1. The van der Waals surface area contributed by atoms with Crippen molar-refractivity contribution < 1.29 is 21.6 Å². The summed E-state index contributed by atoms with van der Waals surface area (Å²) in [6.45, 7) is 6.08. The van der Waals surface area contributed by atoms with Crippen molar-refractivity contribution in [3.05, 3.63) is 82.9 Å². The summed E-state index contributed by atoms with van der Waals surface area (Å²) in [6, 6.07) is 16.3. The van der Waals surface area contributed by atoms with Crippen LogP contribution in [0.3, 0.4) is 0 Å². The highest BCUT2D eigenvalue weighted by molar-refractivity contribution is 7.92. The van der Waals surface area contributed by atoms with Gasteiger partial charge in [-0.3, -0.25) is 9.52 Å². The van der Waals surface area contributed by atoms with Gasteiger partial charge in [-0.15, -0.1) is 0 Å². The molecule has 8 nitrogen and oxygen atoms in total. The third-order valence-electron chi connectivity index (χ3n) is 5.19. The molecule has 0 radical (unpaired) electrons. The Balaban J connectivity index is 1.86. The standard InChI is InChI=1S/C24H26ClN3O5S2/c1-24(2,3)16-5-10-20(11-6-16)35(32,33)28-22-14-7-17(25)15-21(22)23(29)27-18-8-12-19(13-9-18)34(30,31)26-4/h5-15,26,28H,1-4H3,(H,27,29). The van der Waals surface area contributed by atoms with E-state index >= 15 is 0 Å². The molecule has 0 bridgehead atoms. The molecule has 35 heavy (non-hydrogen) atoms. The lowest BCUT2D eigenvalue weighted by molar-refractivity contribution is 0.102. The molecule has 3 N–H and O–H groups in total. The van der Waals surface area contributed by atoms with Crippen molar-refractivity contribution in [2.24, 2.45) is 0 Å². The van der Waals surface area contributed by atoms with E-state index in [9.17, 15) is 21.6 Å². The van der Waals surface area contributed by atoms with Crippen LogP contribution in [0.5, 0.6) is 0 Å². The van der Waals surface area contributed by atoms with Gasteiger partial charge in [-0.1, -0.05) is 44.5 Å². The van der Waals surface area contributed by atoms with Gasteiger partial charge in [0.2, 0.25) is 10.0 Å². The van der Waals surface area contributed by atoms with Crippen LogP contribution in [0.2, 0.25) is 5.02 Å². The molecule has 3 rings (SSSR count). The second-order valence-electron chi connectivity index (χ2n) is 8.76. The molecule has 0 saturated carbocycles. The van der Waals surface area contributed by atoms with Gasteiger partial charge in [0.25, 0.3) is 15.9 Å². The van der Waals surface area contributed by atoms with E-state index in [2.05, 4.69) is 14.8 Å². The highest BCUT2D eigenvalue weighted by Gasteiger charge is 2.21. The molecule has 0 spiro atoms. The van der Waals surface area contributed by atoms with Crippen LogP contribution < -0.4 is 14.8 Å². The fourth-order valence-corrected chi connectivity index (χ4v) is 5.15. The molecule has 0 atom stereocenters. The Bertz CT molecular complexity index is 1450. The predicted octanol–water partition coefficient (Wildman–Crippen LogP) is 4.60. The van der Waals surface area contributed by atoms with E-state index in [4.69, 9.17) is 11.6 Å². The van der Waals surface area contributed by atoms with Gasteiger partial charge in [-0.25, -0.2) is 21.6 Å². The summed E-state index contributed by atoms with van der Waals surface area (Å²) in [4.78, 5) is 13.1. The Morgan fingerprint density at radius 3 is 1.89 bits per heavy atom. The van der Waals surface area contributed by atoms with Gasteiger partial charge in [0.05, 0.1) is 21.0 Å². The summed E-state index contributed by atoms with van der Waals surface area (Å²) in [7, 11) is -6.31. The van der Waals surface area contributed by atoms with Crippen LogP contribution in [0.1, 0.15) is 36.7 Å². The summed E-state index contributed by atoms with van der Waals surface area (Å²) >= 11 is 6.07. The average molecular weight is 536 g/mol. The second-order valence-corrected chi connectivity index (χ2v) is 12.8. The SMILES string of the molecule is CNS(=O)(=O)c1ccc(NC(=O)c2cc(Cl)ccc2NS(=O)(=O)c2ccc(C(C)(C)C)cc2)cc1. The first kappa shape index (κ1) is 26.7. The normalized spacial score (nSPS) is 12.3. The summed E-state index contributed by atoms with van der Waals surface area (Å²) in [5.41, 5.74) is 1.21. The third kappa shape index (κ3) is 6.40. The first-order valence-corrected chi connectivity index (χ1v) is 13.9. The quantitative estimate of drug-likeness (QED) is 0.408. The van der Waals surface area contributed by atoms with Crippen molar-refractivity contribution in [1.82, 2.24) is 4.72 Å². The number of hydrogen-bond acceptors (Lipinski definition) is 5. The zero-order valence-corrected chi connectivity index (χ0v) is 22.0. The molecule has 0 fully saturated rings. The maximum Gasteiger partial charge on any atom is 0.261 e. The van der Waals surface area contributed by atoms with Crippen LogP contribution in [0.25, 0.3) is 0 Å². The maximum absolute atomic E-state index is 13.0. The Hall–Kier alpha value is -2.92. The molecule has 0 saturated heterocycles. The van der Waals surface area contributed by atoms with E-state index in [0.29, 0.717) is 5.69 Å². The minimum atomic E-state index is -3.99. The van der Waals surface area contributed by atoms with Crippen molar-refractivity contribution >= 4 is 48.9 Å². The topological polar surface area (TPSA) is 121 Å². The van der Waals surface area contributed by atoms with E-state index < -0.39 is 26.0 Å². The van der Waals surface area contributed by atoms with Crippen molar-refractivity contribution in [2.75, 3.05) is 17.1 Å². The molecule has 1 amide bonds. The molecule has 3 aromatic rings. The molecule has 0 heterocycles. The van der Waals surface area contributed by atoms with Crippen molar-refractivity contribution in [2.45, 2.75) is 36.0 Å². The molecule has 3 aromatic carbocycles. The molecule has 0 aliphatic rings. The molecule has 0 unspecified atom stereocenters. The second kappa shape index (κ2) is 9.98. The molecule has 186 valence electrons. The molecule has 0 aliphatic carbocycles. The van der Waals surface area contributed by atoms with Gasteiger partial charge < -0.3 is 5.32 Å². The Labute approximate surface area is 210 Å². The van der Waals surface area contributed by atoms with Gasteiger partial charge in [0, 0.05) is 10.7 Å².